The van der Waals surface area contributed by atoms with Crippen LogP contribution in [0.15, 0.2) is 243 Å². The normalized spacial score (nSPS) is 18.2. The summed E-state index contributed by atoms with van der Waals surface area (Å²) in [5.74, 6) is 0. The van der Waals surface area contributed by atoms with Gasteiger partial charge in [-0.25, -0.2) is 0 Å². The highest BCUT2D eigenvalue weighted by Gasteiger charge is 2.60. The van der Waals surface area contributed by atoms with Crippen LogP contribution in [0.1, 0.15) is 0 Å². The van der Waals surface area contributed by atoms with E-state index >= 15 is 0 Å². The van der Waals surface area contributed by atoms with Crippen LogP contribution in [0.4, 0.5) is 0 Å². The van der Waals surface area contributed by atoms with E-state index in [1.165, 1.54) is 0 Å². The number of benzene rings is 8. The third-order valence-corrected chi connectivity index (χ3v) is 55.0. The van der Waals surface area contributed by atoms with Gasteiger partial charge in [0.2, 0.25) is 0 Å². The van der Waals surface area contributed by atoms with Crippen LogP contribution in [-0.4, -0.2) is 85.1 Å². The minimum Gasteiger partial charge on any atom is -0.433 e. The molecule has 0 amide bonds. The molecule has 0 N–H and O–H groups in total. The zero-order valence-electron chi connectivity index (χ0n) is 49.8. The van der Waals surface area contributed by atoms with Crippen LogP contribution >= 0.6 is 0 Å². The van der Waals surface area contributed by atoms with Gasteiger partial charge in [-0.2, -0.15) is 0 Å². The first kappa shape index (κ1) is 62.6. The summed E-state index contributed by atoms with van der Waals surface area (Å²) < 4.78 is 71.0. The maximum atomic E-state index is 8.22. The van der Waals surface area contributed by atoms with Crippen molar-refractivity contribution in [3.8, 4) is 0 Å². The second-order valence-corrected chi connectivity index (χ2v) is 59.2. The van der Waals surface area contributed by atoms with Crippen molar-refractivity contribution < 1.29 is 37.0 Å². The molecule has 0 fully saturated rings. The Kier molecular flexibility index (Phi) is 19.6. The highest BCUT2D eigenvalue weighted by molar-refractivity contribution is 7.05. The lowest BCUT2D eigenvalue weighted by molar-refractivity contribution is 0.272. The first-order valence-corrected chi connectivity index (χ1v) is 53.3. The summed E-state index contributed by atoms with van der Waals surface area (Å²) in [5, 5.41) is 7.79. The smallest absolute Gasteiger partial charge is 0.352 e. The molecule has 0 spiro atoms. The molecule has 0 aliphatic rings. The molecule has 81 heavy (non-hydrogen) atoms. The Hall–Kier alpha value is -4.43. The second-order valence-electron chi connectivity index (χ2n) is 23.6. The average Bonchev–Trinajstić information content (AvgIpc) is 3.62. The largest absolute Gasteiger partial charge is 0.433 e. The fraction of sp³-hybridized carbons (Fsp3) is 0.226. The fourth-order valence-electron chi connectivity index (χ4n) is 10.8. The topological polar surface area (TPSA) is 83.1 Å². The molecule has 8 unspecified atom stereocenters. The van der Waals surface area contributed by atoms with Gasteiger partial charge in [-0.05, 0) is 133 Å². The van der Waals surface area contributed by atoms with Crippen molar-refractivity contribution in [1.29, 1.82) is 0 Å². The van der Waals surface area contributed by atoms with Gasteiger partial charge in [0.05, 0.1) is 0 Å². The Labute approximate surface area is 494 Å². The third kappa shape index (κ3) is 15.7. The van der Waals surface area contributed by atoms with Crippen molar-refractivity contribution in [2.24, 2.45) is 0 Å². The van der Waals surface area contributed by atoms with E-state index in [9.17, 15) is 0 Å². The summed E-state index contributed by atoms with van der Waals surface area (Å²) >= 11 is 0. The molecule has 0 aromatic heterocycles. The molecule has 8 aromatic rings. The molecule has 0 bridgehead atoms. The van der Waals surface area contributed by atoms with Crippen molar-refractivity contribution in [3.05, 3.63) is 243 Å². The molecule has 0 heterocycles. The maximum absolute atomic E-state index is 8.22. The molecule has 8 rings (SSSR count). The SMILES string of the molecule is C[Si](C)(C)O[Si](C)(O[Si](C)(O[Si](C)(O[Si](C)(O[Si](C)(O[Si](C)(O[Si](C)(O[Si](C)(O[Si](C)(C)C)c1ccccc1)c1ccccc1)c1ccccc1)c1ccccc1)c1ccccc1)c1ccccc1)c1ccccc1)c1ccccc1. The Bertz CT molecular complexity index is 3020. The zero-order valence-corrected chi connectivity index (χ0v) is 59.8. The van der Waals surface area contributed by atoms with Crippen LogP contribution in [0.3, 0.4) is 0 Å². The Morgan fingerprint density at radius 1 is 0.148 bits per heavy atom. The maximum Gasteiger partial charge on any atom is 0.352 e. The molecular weight excluding hydrogens is 1170 g/mol. The summed E-state index contributed by atoms with van der Waals surface area (Å²) in [5.41, 5.74) is 0. The summed E-state index contributed by atoms with van der Waals surface area (Å²) in [6.45, 7) is 30.7. The summed E-state index contributed by atoms with van der Waals surface area (Å²) in [7, 11) is -33.0. The zero-order chi connectivity index (χ0) is 58.3. The summed E-state index contributed by atoms with van der Waals surface area (Å²) in [4.78, 5) is 0. The lowest BCUT2D eigenvalue weighted by Gasteiger charge is -2.48. The lowest BCUT2D eigenvalue weighted by Crippen LogP contribution is -2.75. The number of hydrogen-bond donors (Lipinski definition) is 0. The second kappa shape index (κ2) is 25.4. The Morgan fingerprint density at radius 2 is 0.247 bits per heavy atom. The van der Waals surface area contributed by atoms with Gasteiger partial charge in [-0.1, -0.05) is 243 Å². The van der Waals surface area contributed by atoms with E-state index in [0.717, 1.165) is 41.5 Å². The summed E-state index contributed by atoms with van der Waals surface area (Å²) in [6.07, 6.45) is 0. The Morgan fingerprint density at radius 3 is 0.346 bits per heavy atom. The standard InChI is InChI=1S/C62H82O9Si10/c1-72(2,3)63-74(7,55-39-23-15-24-40-55)65-76(9,57-43-27-17-28-44-57)67-78(11,59-47-31-19-32-48-59)69-80(13,61-51-35-21-36-52-61)71-81(14,62-53-37-22-38-54-62)70-79(12,60-49-33-20-34-50-60)68-77(10,58-45-29-18-30-46-58)66-75(8,64-73(4,5)6)56-41-25-16-26-42-56/h15-54H,1-14H3. The first-order chi connectivity index (χ1) is 38.2. The predicted octanol–water partition coefficient (Wildman–Crippen LogP) is 10.6. The van der Waals surface area contributed by atoms with Gasteiger partial charge >= 0.3 is 68.5 Å². The van der Waals surface area contributed by atoms with E-state index in [2.05, 4.69) is 286 Å². The lowest BCUT2D eigenvalue weighted by atomic mass is 10.4. The monoisotopic (exact) mass is 1250 g/mol. The Balaban J connectivity index is 1.30. The molecule has 0 saturated heterocycles. The van der Waals surface area contributed by atoms with E-state index < -0.39 is 85.1 Å². The van der Waals surface area contributed by atoms with E-state index in [1.54, 1.807) is 0 Å². The van der Waals surface area contributed by atoms with E-state index in [1.807, 2.05) is 48.5 Å². The quantitative estimate of drug-likeness (QED) is 0.0493. The van der Waals surface area contributed by atoms with E-state index in [0.29, 0.717) is 0 Å². The van der Waals surface area contributed by atoms with E-state index in [4.69, 9.17) is 37.0 Å². The van der Waals surface area contributed by atoms with Crippen molar-refractivity contribution >= 4 is 127 Å². The molecule has 0 radical (unpaired) electrons. The minimum atomic E-state index is -3.79. The minimum absolute atomic E-state index is 0.931. The van der Waals surface area contributed by atoms with Gasteiger partial charge < -0.3 is 37.0 Å². The molecule has 0 aliphatic carbocycles. The van der Waals surface area contributed by atoms with Crippen LogP contribution < -0.4 is 41.5 Å². The van der Waals surface area contributed by atoms with E-state index in [-0.39, 0.29) is 0 Å². The molecule has 424 valence electrons. The summed E-state index contributed by atoms with van der Waals surface area (Å²) in [6, 6.07) is 83.4. The predicted molar refractivity (Wildman–Crippen MR) is 358 cm³/mol. The van der Waals surface area contributed by atoms with Crippen LogP contribution in [0, 0.1) is 0 Å². The van der Waals surface area contributed by atoms with Crippen LogP contribution in [0.5, 0.6) is 0 Å². The van der Waals surface area contributed by atoms with Crippen LogP contribution in [0.25, 0.3) is 0 Å². The molecule has 0 aliphatic heterocycles. The van der Waals surface area contributed by atoms with Crippen molar-refractivity contribution in [2.45, 2.75) is 91.7 Å². The fourth-order valence-corrected chi connectivity index (χ4v) is 59.2. The van der Waals surface area contributed by atoms with Crippen LogP contribution in [-0.2, 0) is 37.0 Å². The molecular formula is C62H82O9Si10. The van der Waals surface area contributed by atoms with Gasteiger partial charge in [0.15, 0.2) is 16.6 Å². The average molecular weight is 1250 g/mol. The third-order valence-electron chi connectivity index (χ3n) is 14.1. The van der Waals surface area contributed by atoms with Crippen molar-refractivity contribution in [1.82, 2.24) is 0 Å². The van der Waals surface area contributed by atoms with Gasteiger partial charge in [-0.3, -0.25) is 0 Å². The highest BCUT2D eigenvalue weighted by Crippen LogP contribution is 2.32. The molecule has 8 aromatic carbocycles. The van der Waals surface area contributed by atoms with Crippen molar-refractivity contribution in [3.63, 3.8) is 0 Å². The van der Waals surface area contributed by atoms with Gasteiger partial charge in [0.1, 0.15) is 0 Å². The molecule has 19 heteroatoms. The van der Waals surface area contributed by atoms with Crippen LogP contribution in [0.2, 0.25) is 91.7 Å². The number of rotatable bonds is 26. The van der Waals surface area contributed by atoms with Gasteiger partial charge in [0.25, 0.3) is 0 Å². The molecule has 0 saturated carbocycles. The molecule has 8 atom stereocenters. The highest BCUT2D eigenvalue weighted by atomic mass is 28.5. The first-order valence-electron chi connectivity index (χ1n) is 28.0. The van der Waals surface area contributed by atoms with Gasteiger partial charge in [0, 0.05) is 0 Å². The van der Waals surface area contributed by atoms with Crippen molar-refractivity contribution in [2.75, 3.05) is 0 Å². The number of hydrogen-bond acceptors (Lipinski definition) is 9. The van der Waals surface area contributed by atoms with Gasteiger partial charge in [-0.15, -0.1) is 0 Å². The molecule has 9 nitrogen and oxygen atoms in total.